The lowest BCUT2D eigenvalue weighted by atomic mass is 10.1. The van der Waals surface area contributed by atoms with E-state index in [0.29, 0.717) is 11.7 Å². The van der Waals surface area contributed by atoms with Crippen molar-refractivity contribution in [2.24, 2.45) is 0 Å². The van der Waals surface area contributed by atoms with E-state index in [1.54, 1.807) is 18.7 Å². The van der Waals surface area contributed by atoms with Gasteiger partial charge in [0.05, 0.1) is 11.1 Å². The average Bonchev–Trinajstić information content (AvgIpc) is 2.08. The zero-order valence-corrected chi connectivity index (χ0v) is 10.9. The van der Waals surface area contributed by atoms with Crippen molar-refractivity contribution in [3.05, 3.63) is 28.8 Å². The van der Waals surface area contributed by atoms with E-state index in [4.69, 9.17) is 11.6 Å². The lowest BCUT2D eigenvalue weighted by Crippen LogP contribution is -2.04. The van der Waals surface area contributed by atoms with Crippen molar-refractivity contribution in [2.45, 2.75) is 43.4 Å². The highest BCUT2D eigenvalue weighted by molar-refractivity contribution is 8.00. The molecule has 1 aromatic carbocycles. The zero-order chi connectivity index (χ0) is 11.4. The first-order valence-corrected chi connectivity index (χ1v) is 6.38. The summed E-state index contributed by atoms with van der Waals surface area (Å²) in [5.41, 5.74) is 1.09. The Kier molecular flexibility index (Phi) is 4.97. The second kappa shape index (κ2) is 5.78. The Labute approximate surface area is 101 Å². The summed E-state index contributed by atoms with van der Waals surface area (Å²) in [5.74, 6) is 0. The van der Waals surface area contributed by atoms with Gasteiger partial charge in [-0.3, -0.25) is 0 Å². The monoisotopic (exact) mass is 244 g/mol. The van der Waals surface area contributed by atoms with Gasteiger partial charge >= 0.3 is 0 Å². The Morgan fingerprint density at radius 2 is 2.00 bits per heavy atom. The normalized spacial score (nSPS) is 13.2. The van der Waals surface area contributed by atoms with Gasteiger partial charge in [0, 0.05) is 10.1 Å². The Bertz CT molecular complexity index is 323. The Hall–Kier alpha value is -0.180. The number of rotatable bonds is 4. The van der Waals surface area contributed by atoms with Crippen molar-refractivity contribution in [1.82, 2.24) is 0 Å². The summed E-state index contributed by atoms with van der Waals surface area (Å²) in [6.07, 6.45) is 0.344. The molecule has 1 unspecified atom stereocenters. The molecule has 1 atom stereocenters. The van der Waals surface area contributed by atoms with Crippen LogP contribution in [-0.2, 0) is 6.42 Å². The number of aliphatic hydroxyl groups is 1. The fraction of sp³-hybridized carbons (Fsp3) is 0.500. The van der Waals surface area contributed by atoms with Crippen molar-refractivity contribution in [3.8, 4) is 0 Å². The van der Waals surface area contributed by atoms with Crippen LogP contribution in [0.2, 0.25) is 5.02 Å². The molecule has 1 rings (SSSR count). The van der Waals surface area contributed by atoms with Gasteiger partial charge in [0.2, 0.25) is 0 Å². The van der Waals surface area contributed by atoms with E-state index >= 15 is 0 Å². The van der Waals surface area contributed by atoms with Gasteiger partial charge in [0.25, 0.3) is 0 Å². The van der Waals surface area contributed by atoms with E-state index in [-0.39, 0.29) is 6.10 Å². The van der Waals surface area contributed by atoms with Crippen LogP contribution in [0.4, 0.5) is 0 Å². The van der Waals surface area contributed by atoms with Crippen LogP contribution in [0.15, 0.2) is 23.1 Å². The summed E-state index contributed by atoms with van der Waals surface area (Å²) in [6, 6.07) is 6.01. The number of benzene rings is 1. The molecular formula is C12H17ClOS. The molecule has 1 N–H and O–H groups in total. The fourth-order valence-electron chi connectivity index (χ4n) is 1.36. The van der Waals surface area contributed by atoms with Crippen molar-refractivity contribution in [3.63, 3.8) is 0 Å². The Morgan fingerprint density at radius 3 is 2.47 bits per heavy atom. The maximum Gasteiger partial charge on any atom is 0.0552 e. The van der Waals surface area contributed by atoms with Crippen LogP contribution >= 0.6 is 23.4 Å². The summed E-state index contributed by atoms with van der Waals surface area (Å²) < 4.78 is 0. The summed E-state index contributed by atoms with van der Waals surface area (Å²) in [4.78, 5) is 1.11. The minimum absolute atomic E-state index is 0.315. The van der Waals surface area contributed by atoms with Gasteiger partial charge in [-0.05, 0) is 31.0 Å². The van der Waals surface area contributed by atoms with Gasteiger partial charge in [-0.25, -0.2) is 0 Å². The van der Waals surface area contributed by atoms with E-state index < -0.39 is 0 Å². The highest BCUT2D eigenvalue weighted by Crippen LogP contribution is 2.31. The predicted octanol–water partition coefficient (Wildman–Crippen LogP) is 3.76. The smallest absolute Gasteiger partial charge is 0.0552 e. The summed E-state index contributed by atoms with van der Waals surface area (Å²) in [5, 5.41) is 10.6. The summed E-state index contributed by atoms with van der Waals surface area (Å²) >= 11 is 7.91. The molecule has 0 aliphatic rings. The molecule has 84 valence electrons. The van der Waals surface area contributed by atoms with Gasteiger partial charge in [0.15, 0.2) is 0 Å². The largest absolute Gasteiger partial charge is 0.393 e. The number of hydrogen-bond donors (Lipinski definition) is 1. The molecule has 0 spiro atoms. The number of aliphatic hydroxyl groups excluding tert-OH is 1. The number of halogens is 1. The predicted molar refractivity (Wildman–Crippen MR) is 67.8 cm³/mol. The second-order valence-electron chi connectivity index (χ2n) is 3.98. The fourth-order valence-corrected chi connectivity index (χ4v) is 2.52. The third-order valence-corrected chi connectivity index (χ3v) is 3.40. The van der Waals surface area contributed by atoms with Crippen LogP contribution in [0.25, 0.3) is 0 Å². The molecule has 1 nitrogen and oxygen atoms in total. The van der Waals surface area contributed by atoms with Crippen LogP contribution in [-0.4, -0.2) is 16.5 Å². The van der Waals surface area contributed by atoms with Gasteiger partial charge in [-0.2, -0.15) is 0 Å². The summed E-state index contributed by atoms with van der Waals surface area (Å²) in [6.45, 7) is 6.07. The molecule has 0 radical (unpaired) electrons. The molecule has 0 amide bonds. The quantitative estimate of drug-likeness (QED) is 0.814. The second-order valence-corrected chi connectivity index (χ2v) is 6.01. The molecule has 0 heterocycles. The van der Waals surface area contributed by atoms with Crippen LogP contribution in [0.1, 0.15) is 26.3 Å². The average molecular weight is 245 g/mol. The van der Waals surface area contributed by atoms with Crippen molar-refractivity contribution < 1.29 is 5.11 Å². The molecule has 0 saturated carbocycles. The topological polar surface area (TPSA) is 20.2 Å². The van der Waals surface area contributed by atoms with Crippen LogP contribution in [0.3, 0.4) is 0 Å². The highest BCUT2D eigenvalue weighted by Gasteiger charge is 2.06. The van der Waals surface area contributed by atoms with Gasteiger partial charge < -0.3 is 5.11 Å². The SMILES string of the molecule is CC(O)Cc1ccc(SC(C)C)c(Cl)c1. The van der Waals surface area contributed by atoms with Gasteiger partial charge in [-0.15, -0.1) is 11.8 Å². The number of thioether (sulfide) groups is 1. The highest BCUT2D eigenvalue weighted by atomic mass is 35.5. The molecule has 0 fully saturated rings. The molecular weight excluding hydrogens is 228 g/mol. The molecule has 0 aliphatic heterocycles. The third-order valence-electron chi connectivity index (χ3n) is 1.89. The molecule has 0 aromatic heterocycles. The van der Waals surface area contributed by atoms with Gasteiger partial charge in [-0.1, -0.05) is 31.5 Å². The minimum Gasteiger partial charge on any atom is -0.393 e. The first-order chi connectivity index (χ1) is 6.99. The molecule has 15 heavy (non-hydrogen) atoms. The van der Waals surface area contributed by atoms with E-state index in [1.165, 1.54) is 0 Å². The van der Waals surface area contributed by atoms with Crippen LogP contribution < -0.4 is 0 Å². The first-order valence-electron chi connectivity index (χ1n) is 5.12. The van der Waals surface area contributed by atoms with E-state index in [1.807, 2.05) is 18.2 Å². The molecule has 1 aromatic rings. The Morgan fingerprint density at radius 1 is 1.33 bits per heavy atom. The van der Waals surface area contributed by atoms with Crippen molar-refractivity contribution >= 4 is 23.4 Å². The van der Waals surface area contributed by atoms with Crippen molar-refractivity contribution in [1.29, 1.82) is 0 Å². The lowest BCUT2D eigenvalue weighted by molar-refractivity contribution is 0.195. The molecule has 0 aliphatic carbocycles. The summed E-state index contributed by atoms with van der Waals surface area (Å²) in [7, 11) is 0. The minimum atomic E-state index is -0.315. The van der Waals surface area contributed by atoms with Crippen LogP contribution in [0, 0.1) is 0 Å². The van der Waals surface area contributed by atoms with Gasteiger partial charge in [0.1, 0.15) is 0 Å². The van der Waals surface area contributed by atoms with E-state index in [0.717, 1.165) is 15.5 Å². The van der Waals surface area contributed by atoms with Crippen molar-refractivity contribution in [2.75, 3.05) is 0 Å². The zero-order valence-electron chi connectivity index (χ0n) is 9.33. The maximum atomic E-state index is 9.26. The molecule has 0 saturated heterocycles. The number of hydrogen-bond acceptors (Lipinski definition) is 2. The van der Waals surface area contributed by atoms with Crippen LogP contribution in [0.5, 0.6) is 0 Å². The maximum absolute atomic E-state index is 9.26. The van der Waals surface area contributed by atoms with E-state index in [9.17, 15) is 5.11 Å². The third kappa shape index (κ3) is 4.45. The standard InChI is InChI=1S/C12H17ClOS/c1-8(2)15-12-5-4-10(6-9(3)14)7-11(12)13/h4-5,7-9,14H,6H2,1-3H3. The molecule has 3 heteroatoms. The van der Waals surface area contributed by atoms with E-state index in [2.05, 4.69) is 13.8 Å². The first kappa shape index (κ1) is 12.9. The molecule has 0 bridgehead atoms. The Balaban J connectivity index is 2.78. The lowest BCUT2D eigenvalue weighted by Gasteiger charge is -2.10.